The second kappa shape index (κ2) is 4.99. The molecule has 1 fully saturated rings. The van der Waals surface area contributed by atoms with E-state index in [1.165, 1.54) is 13.2 Å². The van der Waals surface area contributed by atoms with Gasteiger partial charge in [-0.1, -0.05) is 21.5 Å². The standard InChI is InChI=1S/C11H15BrO4/c1-4-16-9(13)5-7(2)8-6-11(8,12)10(14)15-3/h5,8H,4,6H2,1-3H3/b7-5+/t8-,11-/m0/s1. The van der Waals surface area contributed by atoms with Crippen molar-refractivity contribution in [3.05, 3.63) is 11.6 Å². The topological polar surface area (TPSA) is 52.6 Å². The Kier molecular flexibility index (Phi) is 4.13. The number of rotatable bonds is 4. The molecule has 0 aromatic rings. The van der Waals surface area contributed by atoms with Crippen LogP contribution in [0.4, 0.5) is 0 Å². The van der Waals surface area contributed by atoms with Gasteiger partial charge in [0.05, 0.1) is 13.7 Å². The molecule has 5 heteroatoms. The molecule has 4 nitrogen and oxygen atoms in total. The summed E-state index contributed by atoms with van der Waals surface area (Å²) >= 11 is 3.34. The third kappa shape index (κ3) is 2.64. The van der Waals surface area contributed by atoms with Crippen LogP contribution < -0.4 is 0 Å². The molecule has 0 amide bonds. The minimum absolute atomic E-state index is 0.0179. The first-order chi connectivity index (χ1) is 7.45. The number of carbonyl (C=O) groups is 2. The van der Waals surface area contributed by atoms with Crippen LogP contribution in [0.25, 0.3) is 0 Å². The number of methoxy groups -OCH3 is 1. The summed E-state index contributed by atoms with van der Waals surface area (Å²) in [5.74, 6) is -0.648. The quantitative estimate of drug-likeness (QED) is 0.450. The van der Waals surface area contributed by atoms with E-state index in [1.54, 1.807) is 6.92 Å². The van der Waals surface area contributed by atoms with E-state index >= 15 is 0 Å². The molecule has 16 heavy (non-hydrogen) atoms. The van der Waals surface area contributed by atoms with Crippen molar-refractivity contribution in [2.45, 2.75) is 24.6 Å². The number of halogens is 1. The fourth-order valence-corrected chi connectivity index (χ4v) is 2.47. The smallest absolute Gasteiger partial charge is 0.330 e. The zero-order chi connectivity index (χ0) is 12.3. The lowest BCUT2D eigenvalue weighted by Gasteiger charge is -2.06. The van der Waals surface area contributed by atoms with Gasteiger partial charge in [0.25, 0.3) is 0 Å². The van der Waals surface area contributed by atoms with Gasteiger partial charge < -0.3 is 9.47 Å². The largest absolute Gasteiger partial charge is 0.468 e. The molecule has 1 aliphatic rings. The van der Waals surface area contributed by atoms with E-state index in [2.05, 4.69) is 20.7 Å². The number of esters is 2. The highest BCUT2D eigenvalue weighted by molar-refractivity contribution is 9.10. The van der Waals surface area contributed by atoms with Gasteiger partial charge in [0, 0.05) is 12.0 Å². The van der Waals surface area contributed by atoms with Crippen LogP contribution in [0.1, 0.15) is 20.3 Å². The van der Waals surface area contributed by atoms with Crippen molar-refractivity contribution in [1.82, 2.24) is 0 Å². The first kappa shape index (κ1) is 13.2. The molecule has 90 valence electrons. The van der Waals surface area contributed by atoms with Crippen LogP contribution in [0, 0.1) is 5.92 Å². The molecule has 0 saturated heterocycles. The maximum Gasteiger partial charge on any atom is 0.330 e. The lowest BCUT2D eigenvalue weighted by Crippen LogP contribution is -2.20. The lowest BCUT2D eigenvalue weighted by atomic mass is 10.1. The fourth-order valence-electron chi connectivity index (χ4n) is 1.63. The molecule has 0 aliphatic heterocycles. The molecule has 0 unspecified atom stereocenters. The normalized spacial score (nSPS) is 28.5. The Hall–Kier alpha value is -0.840. The van der Waals surface area contributed by atoms with Crippen LogP contribution in [0.3, 0.4) is 0 Å². The second-order valence-electron chi connectivity index (χ2n) is 3.75. The van der Waals surface area contributed by atoms with Crippen LogP contribution in [0.5, 0.6) is 0 Å². The minimum Gasteiger partial charge on any atom is -0.468 e. The first-order valence-corrected chi connectivity index (χ1v) is 5.87. The van der Waals surface area contributed by atoms with Crippen LogP contribution in [0.2, 0.25) is 0 Å². The number of alkyl halides is 1. The number of carbonyl (C=O) groups excluding carboxylic acids is 2. The predicted octanol–water partition coefficient (Wildman–Crippen LogP) is 1.82. The molecule has 0 N–H and O–H groups in total. The monoisotopic (exact) mass is 290 g/mol. The zero-order valence-electron chi connectivity index (χ0n) is 9.58. The van der Waals surface area contributed by atoms with Crippen LogP contribution >= 0.6 is 15.9 Å². The van der Waals surface area contributed by atoms with Gasteiger partial charge in [-0.05, 0) is 20.3 Å². The van der Waals surface area contributed by atoms with Crippen molar-refractivity contribution in [3.8, 4) is 0 Å². The Morgan fingerprint density at radius 2 is 2.19 bits per heavy atom. The van der Waals surface area contributed by atoms with E-state index < -0.39 is 4.32 Å². The van der Waals surface area contributed by atoms with E-state index in [-0.39, 0.29) is 17.9 Å². The van der Waals surface area contributed by atoms with Gasteiger partial charge >= 0.3 is 11.9 Å². The van der Waals surface area contributed by atoms with E-state index in [0.717, 1.165) is 5.57 Å². The maximum atomic E-state index is 11.4. The third-order valence-electron chi connectivity index (χ3n) is 2.60. The van der Waals surface area contributed by atoms with Crippen molar-refractivity contribution in [3.63, 3.8) is 0 Å². The highest BCUT2D eigenvalue weighted by Gasteiger charge is 2.60. The Bertz CT molecular complexity index is 337. The van der Waals surface area contributed by atoms with Gasteiger partial charge in [-0.15, -0.1) is 0 Å². The van der Waals surface area contributed by atoms with E-state index in [1.807, 2.05) is 6.92 Å². The van der Waals surface area contributed by atoms with E-state index in [9.17, 15) is 9.59 Å². The molecular weight excluding hydrogens is 276 g/mol. The lowest BCUT2D eigenvalue weighted by molar-refractivity contribution is -0.141. The highest BCUT2D eigenvalue weighted by atomic mass is 79.9. The molecule has 2 atom stereocenters. The van der Waals surface area contributed by atoms with Gasteiger partial charge in [-0.25, -0.2) is 4.79 Å². The summed E-state index contributed by atoms with van der Waals surface area (Å²) in [6.45, 7) is 3.92. The maximum absolute atomic E-state index is 11.4. The third-order valence-corrected chi connectivity index (χ3v) is 3.80. The Morgan fingerprint density at radius 3 is 2.69 bits per heavy atom. The molecular formula is C11H15BrO4. The molecule has 0 spiro atoms. The van der Waals surface area contributed by atoms with Gasteiger partial charge in [-0.2, -0.15) is 0 Å². The zero-order valence-corrected chi connectivity index (χ0v) is 11.2. The van der Waals surface area contributed by atoms with Gasteiger partial charge in [-0.3, -0.25) is 4.79 Å². The second-order valence-corrected chi connectivity index (χ2v) is 5.17. The summed E-state index contributed by atoms with van der Waals surface area (Å²) in [6.07, 6.45) is 2.08. The van der Waals surface area contributed by atoms with Crippen molar-refractivity contribution in [2.75, 3.05) is 13.7 Å². The molecule has 0 aromatic carbocycles. The number of allylic oxidation sites excluding steroid dienone is 1. The molecule has 0 radical (unpaired) electrons. The number of ether oxygens (including phenoxy) is 2. The molecule has 1 aliphatic carbocycles. The summed E-state index contributed by atoms with van der Waals surface area (Å²) in [4.78, 5) is 22.6. The SMILES string of the molecule is CCOC(=O)/C=C(\C)[C@@H]1C[C@@]1(Br)C(=O)OC. The van der Waals surface area contributed by atoms with Crippen LogP contribution in [-0.4, -0.2) is 30.0 Å². The first-order valence-electron chi connectivity index (χ1n) is 5.08. The van der Waals surface area contributed by atoms with Crippen molar-refractivity contribution >= 4 is 27.9 Å². The van der Waals surface area contributed by atoms with Gasteiger partial charge in [0.2, 0.25) is 0 Å². The summed E-state index contributed by atoms with van der Waals surface area (Å²) in [5.41, 5.74) is 0.834. The van der Waals surface area contributed by atoms with Crippen molar-refractivity contribution < 1.29 is 19.1 Å². The van der Waals surface area contributed by atoms with Crippen molar-refractivity contribution in [2.24, 2.45) is 5.92 Å². The Morgan fingerprint density at radius 1 is 1.56 bits per heavy atom. The number of hydrogen-bond donors (Lipinski definition) is 0. The fraction of sp³-hybridized carbons (Fsp3) is 0.636. The van der Waals surface area contributed by atoms with E-state index in [4.69, 9.17) is 4.74 Å². The molecule has 0 bridgehead atoms. The van der Waals surface area contributed by atoms with Crippen molar-refractivity contribution in [1.29, 1.82) is 0 Å². The summed E-state index contributed by atoms with van der Waals surface area (Å²) in [5, 5.41) is 0. The average Bonchev–Trinajstić information content (AvgIpc) is 2.91. The van der Waals surface area contributed by atoms with Gasteiger partial charge in [0.15, 0.2) is 0 Å². The average molecular weight is 291 g/mol. The van der Waals surface area contributed by atoms with Gasteiger partial charge in [0.1, 0.15) is 4.32 Å². The Labute approximate surface area is 103 Å². The molecule has 0 heterocycles. The summed E-state index contributed by atoms with van der Waals surface area (Å²) < 4.78 is 8.84. The van der Waals surface area contributed by atoms with E-state index in [0.29, 0.717) is 13.0 Å². The molecule has 0 aromatic heterocycles. The molecule has 1 rings (SSSR count). The predicted molar refractivity (Wildman–Crippen MR) is 62.2 cm³/mol. The summed E-state index contributed by atoms with van der Waals surface area (Å²) in [6, 6.07) is 0. The van der Waals surface area contributed by atoms with Crippen LogP contribution in [-0.2, 0) is 19.1 Å². The minimum atomic E-state index is -0.644. The number of hydrogen-bond acceptors (Lipinski definition) is 4. The van der Waals surface area contributed by atoms with Crippen LogP contribution in [0.15, 0.2) is 11.6 Å². The highest BCUT2D eigenvalue weighted by Crippen LogP contribution is 2.55. The molecule has 1 saturated carbocycles. The summed E-state index contributed by atoms with van der Waals surface area (Å²) in [7, 11) is 1.35. The Balaban J connectivity index is 2.62.